The molecule has 0 radical (unpaired) electrons. The smallest absolute Gasteiger partial charge is 0.327 e. The topological polar surface area (TPSA) is 284 Å². The van der Waals surface area contributed by atoms with Crippen LogP contribution < -0.4 is 38.1 Å². The molecule has 5 amide bonds. The third-order valence-electron chi connectivity index (χ3n) is 5.86. The molecule has 11 N–H and O–H groups in total. The van der Waals surface area contributed by atoms with Gasteiger partial charge in [-0.1, -0.05) is 30.3 Å². The minimum atomic E-state index is -1.68. The second kappa shape index (κ2) is 17.2. The first-order chi connectivity index (χ1) is 20.4. The van der Waals surface area contributed by atoms with Crippen LogP contribution in [0.5, 0.6) is 0 Å². The Labute approximate surface area is 250 Å². The Bertz CT molecular complexity index is 1230. The van der Waals surface area contributed by atoms with Crippen molar-refractivity contribution in [1.82, 2.24) is 26.6 Å². The van der Waals surface area contributed by atoms with Crippen molar-refractivity contribution in [3.8, 4) is 0 Å². The van der Waals surface area contributed by atoms with E-state index >= 15 is 0 Å². The molecule has 1 aliphatic heterocycles. The number of carboxylic acid groups (broad SMARTS) is 2. The Kier molecular flexibility index (Phi) is 13.7. The lowest BCUT2D eigenvalue weighted by atomic mass is 10.1. The SMILES string of the molecule is NC(N)=NCCC[C@@H]1NC(=O)CNC(=O)[C@H](c2ccccc2)SC[C@@H](C(=O)O)NC(=O)[C@H](CC(=O)O)NC(=O)CNC1=O. The Morgan fingerprint density at radius 1 is 0.860 bits per heavy atom. The number of carbonyl (C=O) groups excluding carboxylic acids is 5. The maximum atomic E-state index is 13.1. The van der Waals surface area contributed by atoms with Crippen molar-refractivity contribution in [3.63, 3.8) is 0 Å². The molecule has 1 saturated heterocycles. The van der Waals surface area contributed by atoms with E-state index in [-0.39, 0.29) is 31.1 Å². The number of hydrogen-bond donors (Lipinski definition) is 9. The van der Waals surface area contributed by atoms with Gasteiger partial charge in [0.05, 0.1) is 19.5 Å². The number of carbonyl (C=O) groups is 7. The highest BCUT2D eigenvalue weighted by Crippen LogP contribution is 2.29. The van der Waals surface area contributed by atoms with Gasteiger partial charge in [0.1, 0.15) is 23.4 Å². The zero-order valence-corrected chi connectivity index (χ0v) is 23.7. The van der Waals surface area contributed by atoms with Crippen molar-refractivity contribution in [3.05, 3.63) is 35.9 Å². The predicted octanol–water partition coefficient (Wildman–Crippen LogP) is -3.23. The van der Waals surface area contributed by atoms with Gasteiger partial charge >= 0.3 is 11.9 Å². The summed E-state index contributed by atoms with van der Waals surface area (Å²) >= 11 is 0.858. The van der Waals surface area contributed by atoms with Gasteiger partial charge in [-0.25, -0.2) is 4.79 Å². The minimum absolute atomic E-state index is 0.0486. The molecular formula is C25H34N8O9S. The van der Waals surface area contributed by atoms with Crippen LogP contribution in [0.1, 0.15) is 30.1 Å². The maximum Gasteiger partial charge on any atom is 0.327 e. The average molecular weight is 623 g/mol. The Morgan fingerprint density at radius 2 is 1.47 bits per heavy atom. The fourth-order valence-corrected chi connectivity index (χ4v) is 4.98. The summed E-state index contributed by atoms with van der Waals surface area (Å²) in [6, 6.07) is 3.82. The predicted molar refractivity (Wildman–Crippen MR) is 153 cm³/mol. The summed E-state index contributed by atoms with van der Waals surface area (Å²) < 4.78 is 0. The highest BCUT2D eigenvalue weighted by Gasteiger charge is 2.31. The zero-order chi connectivity index (χ0) is 31.9. The molecule has 234 valence electrons. The summed E-state index contributed by atoms with van der Waals surface area (Å²) in [6.07, 6.45) is -0.580. The van der Waals surface area contributed by atoms with Gasteiger partial charge in [-0.15, -0.1) is 11.8 Å². The molecule has 0 saturated carbocycles. The van der Waals surface area contributed by atoms with Crippen LogP contribution in [0.3, 0.4) is 0 Å². The first-order valence-corrected chi connectivity index (χ1v) is 14.0. The van der Waals surface area contributed by atoms with Crippen LogP contribution in [-0.2, 0) is 33.6 Å². The average Bonchev–Trinajstić information content (AvgIpc) is 2.95. The summed E-state index contributed by atoms with van der Waals surface area (Å²) in [6.45, 7) is -1.09. The number of thioether (sulfide) groups is 1. The number of guanidine groups is 1. The summed E-state index contributed by atoms with van der Waals surface area (Å²) in [5.74, 6) is -7.63. The largest absolute Gasteiger partial charge is 0.481 e. The van der Waals surface area contributed by atoms with E-state index in [0.717, 1.165) is 11.8 Å². The molecule has 0 aromatic heterocycles. The lowest BCUT2D eigenvalue weighted by Crippen LogP contribution is -2.55. The zero-order valence-electron chi connectivity index (χ0n) is 22.9. The summed E-state index contributed by atoms with van der Waals surface area (Å²) in [4.78, 5) is 91.2. The van der Waals surface area contributed by atoms with Gasteiger partial charge in [-0.05, 0) is 18.4 Å². The molecule has 1 aliphatic rings. The van der Waals surface area contributed by atoms with Gasteiger partial charge in [0.15, 0.2) is 5.96 Å². The van der Waals surface area contributed by atoms with Gasteiger partial charge in [0.2, 0.25) is 29.5 Å². The number of nitrogens with two attached hydrogens (primary N) is 2. The van der Waals surface area contributed by atoms with E-state index in [0.29, 0.717) is 5.56 Å². The lowest BCUT2D eigenvalue weighted by Gasteiger charge is -2.23. The molecule has 1 aromatic carbocycles. The molecule has 4 atom stereocenters. The monoisotopic (exact) mass is 622 g/mol. The van der Waals surface area contributed by atoms with Gasteiger partial charge in [-0.3, -0.25) is 33.8 Å². The van der Waals surface area contributed by atoms with Crippen LogP contribution >= 0.6 is 11.8 Å². The Balaban J connectivity index is 2.36. The summed E-state index contributed by atoms with van der Waals surface area (Å²) in [5.41, 5.74) is 11.1. The van der Waals surface area contributed by atoms with Crippen molar-refractivity contribution in [2.75, 3.05) is 25.4 Å². The Morgan fingerprint density at radius 3 is 2.05 bits per heavy atom. The van der Waals surface area contributed by atoms with Crippen molar-refractivity contribution in [2.45, 2.75) is 42.6 Å². The highest BCUT2D eigenvalue weighted by atomic mass is 32.2. The number of rotatable bonds is 8. The molecule has 17 nitrogen and oxygen atoms in total. The van der Waals surface area contributed by atoms with Crippen molar-refractivity contribution < 1.29 is 43.8 Å². The van der Waals surface area contributed by atoms with E-state index in [1.807, 2.05) is 0 Å². The van der Waals surface area contributed by atoms with Crippen molar-refractivity contribution in [1.29, 1.82) is 0 Å². The summed E-state index contributed by atoms with van der Waals surface area (Å²) in [5, 5.41) is 29.5. The van der Waals surface area contributed by atoms with Gasteiger partial charge in [0, 0.05) is 12.3 Å². The first kappa shape index (κ1) is 34.3. The van der Waals surface area contributed by atoms with E-state index in [1.54, 1.807) is 30.3 Å². The number of nitrogens with one attached hydrogen (secondary N) is 5. The number of amides is 5. The van der Waals surface area contributed by atoms with Crippen LogP contribution in [-0.4, -0.2) is 101 Å². The van der Waals surface area contributed by atoms with Crippen LogP contribution in [0.2, 0.25) is 0 Å². The molecular weight excluding hydrogens is 588 g/mol. The normalized spacial score (nSPS) is 22.7. The number of benzene rings is 1. The molecule has 18 heteroatoms. The van der Waals surface area contributed by atoms with Crippen LogP contribution in [0.15, 0.2) is 35.3 Å². The molecule has 1 fully saturated rings. The van der Waals surface area contributed by atoms with Gasteiger partial charge in [-0.2, -0.15) is 0 Å². The molecule has 0 spiro atoms. The molecule has 2 rings (SSSR count). The van der Waals surface area contributed by atoms with Crippen LogP contribution in [0.4, 0.5) is 0 Å². The molecule has 43 heavy (non-hydrogen) atoms. The van der Waals surface area contributed by atoms with Crippen molar-refractivity contribution in [2.24, 2.45) is 16.5 Å². The highest BCUT2D eigenvalue weighted by molar-refractivity contribution is 8.00. The number of nitrogens with zero attached hydrogens (tertiary/aromatic N) is 1. The van der Waals surface area contributed by atoms with E-state index in [4.69, 9.17) is 11.5 Å². The van der Waals surface area contributed by atoms with Gasteiger partial charge in [0.25, 0.3) is 0 Å². The molecule has 0 bridgehead atoms. The second-order valence-electron chi connectivity index (χ2n) is 9.25. The van der Waals surface area contributed by atoms with Crippen molar-refractivity contribution >= 4 is 59.2 Å². The molecule has 1 heterocycles. The number of aliphatic imine (C=N–C) groups is 1. The van der Waals surface area contributed by atoms with Gasteiger partial charge < -0.3 is 48.3 Å². The fourth-order valence-electron chi connectivity index (χ4n) is 3.79. The number of hydrogen-bond acceptors (Lipinski definition) is 9. The summed E-state index contributed by atoms with van der Waals surface area (Å²) in [7, 11) is 0. The minimum Gasteiger partial charge on any atom is -0.481 e. The molecule has 1 aromatic rings. The first-order valence-electron chi connectivity index (χ1n) is 13.0. The van der Waals surface area contributed by atoms with E-state index < -0.39 is 84.4 Å². The molecule has 0 unspecified atom stereocenters. The van der Waals surface area contributed by atoms with E-state index in [9.17, 15) is 43.8 Å². The van der Waals surface area contributed by atoms with Crippen LogP contribution in [0.25, 0.3) is 0 Å². The number of aliphatic carboxylic acids is 2. The molecule has 0 aliphatic carbocycles. The standard InChI is InChI=1S/C25H34N8O9S/c26-25(27)28-8-4-7-14-21(38)29-10-18(35)32-15(9-19(36)37)22(39)33-16(24(41)42)12-43-20(13-5-2-1-3-6-13)23(40)30-11-17(34)31-14/h1-3,5-6,14-16,20H,4,7-12H2,(H,29,38)(H,30,40)(H,31,34)(H,32,35)(H,33,39)(H,36,37)(H,41,42)(H4,26,27,28)/t14-,15-,16-,20-/m0/s1. The quantitative estimate of drug-likeness (QED) is 0.0786. The fraction of sp³-hybridized carbons (Fsp3) is 0.440. The number of carboxylic acids is 2. The lowest BCUT2D eigenvalue weighted by molar-refractivity contribution is -0.143. The van der Waals surface area contributed by atoms with E-state index in [1.165, 1.54) is 0 Å². The third-order valence-corrected chi connectivity index (χ3v) is 7.20. The maximum absolute atomic E-state index is 13.1. The van der Waals surface area contributed by atoms with E-state index in [2.05, 4.69) is 31.6 Å². The second-order valence-corrected chi connectivity index (χ2v) is 10.4. The third kappa shape index (κ3) is 12.3. The van der Waals surface area contributed by atoms with Crippen LogP contribution in [0, 0.1) is 0 Å². The Hall–Kier alpha value is -4.87.